The largest absolute Gasteiger partial charge is 0.573 e. The number of nitrogens with one attached hydrogen (secondary N) is 1. The number of benzene rings is 1. The van der Waals surface area contributed by atoms with Crippen LogP contribution in [0.4, 0.5) is 18.2 Å². The van der Waals surface area contributed by atoms with Gasteiger partial charge in [0.2, 0.25) is 5.91 Å². The predicted octanol–water partition coefficient (Wildman–Crippen LogP) is 6.46. The Kier molecular flexibility index (Phi) is 8.94. The number of amides is 1. The van der Waals surface area contributed by atoms with E-state index in [1.54, 1.807) is 12.3 Å². The molecule has 2 heterocycles. The Bertz CT molecular complexity index is 1380. The maximum Gasteiger partial charge on any atom is 0.573 e. The smallest absolute Gasteiger partial charge is 0.461 e. The number of carbonyl (C=O) groups excluding carboxylic acids is 2. The highest BCUT2D eigenvalue weighted by Gasteiger charge is 2.31. The lowest BCUT2D eigenvalue weighted by molar-refractivity contribution is -0.274. The molecule has 0 atom stereocenters. The van der Waals surface area contributed by atoms with Crippen LogP contribution in [0.15, 0.2) is 34.4 Å². The van der Waals surface area contributed by atoms with Crippen molar-refractivity contribution >= 4 is 39.0 Å². The minimum absolute atomic E-state index is 0.0687. The third-order valence-corrected chi connectivity index (χ3v) is 7.75. The number of carbonyl (C=O) groups is 2. The van der Waals surface area contributed by atoms with E-state index in [4.69, 9.17) is 4.74 Å². The highest BCUT2D eigenvalue weighted by Crippen LogP contribution is 2.35. The topological polar surface area (TPSA) is 99.5 Å². The lowest BCUT2D eigenvalue weighted by Gasteiger charge is -2.27. The SMILES string of the molecule is CCCCC1CCC(C(=O)Nc2scc3c(C(=O)OCC)nn(-c4ccc(OC(F)(F)F)cc4)c(=O)c23)CC1. The van der Waals surface area contributed by atoms with E-state index in [1.165, 1.54) is 25.0 Å². The maximum atomic E-state index is 13.6. The quantitative estimate of drug-likeness (QED) is 0.299. The molecule has 0 bridgehead atoms. The summed E-state index contributed by atoms with van der Waals surface area (Å²) < 4.78 is 47.6. The number of esters is 1. The minimum atomic E-state index is -4.87. The van der Waals surface area contributed by atoms with Gasteiger partial charge in [-0.2, -0.15) is 9.78 Å². The average Bonchev–Trinajstić information content (AvgIpc) is 3.32. The molecule has 3 aromatic rings. The molecule has 1 aliphatic rings. The zero-order valence-corrected chi connectivity index (χ0v) is 22.5. The van der Waals surface area contributed by atoms with Gasteiger partial charge in [0.05, 0.1) is 17.7 Å². The standard InChI is InChI=1S/C27H30F3N3O5S/c1-3-5-6-16-7-9-17(10-8-16)23(34)31-24-21-20(15-39-24)22(26(36)37-4-2)32-33(25(21)35)18-11-13-19(14-12-18)38-27(28,29)30/h11-17H,3-10H2,1-2H3,(H,31,34). The van der Waals surface area contributed by atoms with Crippen LogP contribution in [0.5, 0.6) is 5.75 Å². The van der Waals surface area contributed by atoms with Gasteiger partial charge in [0.1, 0.15) is 10.8 Å². The first-order chi connectivity index (χ1) is 18.6. The van der Waals surface area contributed by atoms with Crippen molar-refractivity contribution < 1.29 is 32.2 Å². The molecule has 4 rings (SSSR count). The van der Waals surface area contributed by atoms with Crippen molar-refractivity contribution in [3.8, 4) is 11.4 Å². The number of halogens is 3. The predicted molar refractivity (Wildman–Crippen MR) is 141 cm³/mol. The zero-order valence-electron chi connectivity index (χ0n) is 21.7. The number of hydrogen-bond acceptors (Lipinski definition) is 7. The molecule has 8 nitrogen and oxygen atoms in total. The third kappa shape index (κ3) is 6.78. The van der Waals surface area contributed by atoms with E-state index in [-0.39, 0.29) is 45.6 Å². The van der Waals surface area contributed by atoms with Gasteiger partial charge in [-0.15, -0.1) is 24.5 Å². The van der Waals surface area contributed by atoms with Crippen molar-refractivity contribution in [2.24, 2.45) is 11.8 Å². The fraction of sp³-hybridized carbons (Fsp3) is 0.481. The first-order valence-corrected chi connectivity index (χ1v) is 13.9. The fourth-order valence-electron chi connectivity index (χ4n) is 4.88. The molecule has 0 saturated heterocycles. The summed E-state index contributed by atoms with van der Waals surface area (Å²) in [6.07, 6.45) is 2.16. The van der Waals surface area contributed by atoms with Crippen molar-refractivity contribution in [3.05, 3.63) is 45.7 Å². The molecule has 1 N–H and O–H groups in total. The second-order valence-corrected chi connectivity index (χ2v) is 10.4. The molecule has 1 aliphatic carbocycles. The second-order valence-electron chi connectivity index (χ2n) is 9.53. The number of ether oxygens (including phenoxy) is 2. The van der Waals surface area contributed by atoms with Gasteiger partial charge in [0, 0.05) is 16.7 Å². The van der Waals surface area contributed by atoms with Crippen LogP contribution in [-0.2, 0) is 9.53 Å². The molecular weight excluding hydrogens is 535 g/mol. The molecule has 2 aromatic heterocycles. The van der Waals surface area contributed by atoms with Crippen LogP contribution in [0, 0.1) is 11.8 Å². The van der Waals surface area contributed by atoms with Gasteiger partial charge in [-0.3, -0.25) is 9.59 Å². The number of nitrogens with zero attached hydrogens (tertiary/aromatic N) is 2. The number of rotatable bonds is 9. The first kappa shape index (κ1) is 28.6. The summed E-state index contributed by atoms with van der Waals surface area (Å²) in [7, 11) is 0. The number of thiophene rings is 1. The first-order valence-electron chi connectivity index (χ1n) is 13.0. The molecule has 0 aliphatic heterocycles. The molecular formula is C27H30F3N3O5S. The van der Waals surface area contributed by atoms with E-state index in [9.17, 15) is 27.6 Å². The number of fused-ring (bicyclic) bond motifs is 1. The zero-order chi connectivity index (χ0) is 28.2. The maximum absolute atomic E-state index is 13.6. The summed E-state index contributed by atoms with van der Waals surface area (Å²) in [5.41, 5.74) is -0.673. The van der Waals surface area contributed by atoms with Gasteiger partial charge in [-0.05, 0) is 62.8 Å². The molecule has 1 saturated carbocycles. The van der Waals surface area contributed by atoms with Crippen LogP contribution >= 0.6 is 11.3 Å². The Morgan fingerprint density at radius 3 is 2.44 bits per heavy atom. The molecule has 0 unspecified atom stereocenters. The Hall–Kier alpha value is -3.41. The van der Waals surface area contributed by atoms with Crippen molar-refractivity contribution in [3.63, 3.8) is 0 Å². The van der Waals surface area contributed by atoms with Crippen molar-refractivity contribution in [1.82, 2.24) is 9.78 Å². The third-order valence-electron chi connectivity index (χ3n) is 6.86. The van der Waals surface area contributed by atoms with Crippen LogP contribution in [0.1, 0.15) is 69.3 Å². The Morgan fingerprint density at radius 2 is 1.82 bits per heavy atom. The van der Waals surface area contributed by atoms with Crippen LogP contribution in [0.2, 0.25) is 0 Å². The molecule has 39 heavy (non-hydrogen) atoms. The van der Waals surface area contributed by atoms with E-state index in [2.05, 4.69) is 22.1 Å². The summed E-state index contributed by atoms with van der Waals surface area (Å²) in [5, 5.41) is 9.22. The number of hydrogen-bond donors (Lipinski definition) is 1. The Morgan fingerprint density at radius 1 is 1.13 bits per heavy atom. The van der Waals surface area contributed by atoms with E-state index in [0.29, 0.717) is 5.92 Å². The molecule has 1 fully saturated rings. The fourth-order valence-corrected chi connectivity index (χ4v) is 5.82. The Labute approximate surface area is 227 Å². The molecule has 1 amide bonds. The summed E-state index contributed by atoms with van der Waals surface area (Å²) in [4.78, 5) is 39.4. The van der Waals surface area contributed by atoms with Crippen LogP contribution in [0.3, 0.4) is 0 Å². The number of anilines is 1. The lowest BCUT2D eigenvalue weighted by Crippen LogP contribution is -2.28. The van der Waals surface area contributed by atoms with Crippen molar-refractivity contribution in [1.29, 1.82) is 0 Å². The average molecular weight is 566 g/mol. The van der Waals surface area contributed by atoms with Crippen molar-refractivity contribution in [2.75, 3.05) is 11.9 Å². The number of alkyl halides is 3. The summed E-state index contributed by atoms with van der Waals surface area (Å²) in [5.74, 6) is -0.959. The van der Waals surface area contributed by atoms with Gasteiger partial charge in [-0.25, -0.2) is 4.79 Å². The normalized spacial score (nSPS) is 17.7. The molecule has 210 valence electrons. The van der Waals surface area contributed by atoms with E-state index in [0.717, 1.165) is 60.3 Å². The van der Waals surface area contributed by atoms with Gasteiger partial charge in [0.25, 0.3) is 5.56 Å². The van der Waals surface area contributed by atoms with Gasteiger partial charge in [0.15, 0.2) is 5.69 Å². The number of aromatic nitrogens is 2. The monoisotopic (exact) mass is 565 g/mol. The van der Waals surface area contributed by atoms with Gasteiger partial charge in [-0.1, -0.05) is 26.2 Å². The molecule has 0 spiro atoms. The Balaban J connectivity index is 1.66. The van der Waals surface area contributed by atoms with E-state index in [1.807, 2.05) is 0 Å². The highest BCUT2D eigenvalue weighted by molar-refractivity contribution is 7.16. The van der Waals surface area contributed by atoms with Crippen LogP contribution in [-0.4, -0.2) is 34.6 Å². The lowest BCUT2D eigenvalue weighted by atomic mass is 9.79. The minimum Gasteiger partial charge on any atom is -0.461 e. The summed E-state index contributed by atoms with van der Waals surface area (Å²) >= 11 is 1.11. The van der Waals surface area contributed by atoms with Crippen LogP contribution < -0.4 is 15.6 Å². The molecule has 12 heteroatoms. The summed E-state index contributed by atoms with van der Waals surface area (Å²) in [6.45, 7) is 3.86. The molecule has 1 aromatic carbocycles. The molecule has 0 radical (unpaired) electrons. The summed E-state index contributed by atoms with van der Waals surface area (Å²) in [6, 6.07) is 4.52. The second kappa shape index (κ2) is 12.2. The van der Waals surface area contributed by atoms with Crippen molar-refractivity contribution in [2.45, 2.75) is 65.2 Å². The van der Waals surface area contributed by atoms with E-state index >= 15 is 0 Å². The van der Waals surface area contributed by atoms with Crippen LogP contribution in [0.25, 0.3) is 16.5 Å². The number of unbranched alkanes of at least 4 members (excludes halogenated alkanes) is 1. The van der Waals surface area contributed by atoms with Gasteiger partial charge < -0.3 is 14.8 Å². The van der Waals surface area contributed by atoms with Gasteiger partial charge >= 0.3 is 12.3 Å². The van der Waals surface area contributed by atoms with E-state index < -0.39 is 23.6 Å². The highest BCUT2D eigenvalue weighted by atomic mass is 32.1.